The molecule has 1 aliphatic rings. The standard InChI is InChI=1S/C11H12BrNO3/c1-16-9(10(14)15)11(5-6-11)7-3-2-4-8(12)13-7/h2-4,9H,5-6H2,1H3,(H,14,15). The van der Waals surface area contributed by atoms with E-state index in [-0.39, 0.29) is 0 Å². The molecule has 0 aromatic carbocycles. The summed E-state index contributed by atoms with van der Waals surface area (Å²) < 4.78 is 5.80. The third kappa shape index (κ3) is 1.85. The van der Waals surface area contributed by atoms with Gasteiger partial charge in [0.25, 0.3) is 0 Å². The van der Waals surface area contributed by atoms with E-state index in [0.717, 1.165) is 23.1 Å². The summed E-state index contributed by atoms with van der Waals surface area (Å²) >= 11 is 3.29. The van der Waals surface area contributed by atoms with Crippen LogP contribution >= 0.6 is 15.9 Å². The van der Waals surface area contributed by atoms with Crippen LogP contribution in [0, 0.1) is 0 Å². The van der Waals surface area contributed by atoms with E-state index in [4.69, 9.17) is 9.84 Å². The summed E-state index contributed by atoms with van der Waals surface area (Å²) in [5.41, 5.74) is 0.348. The molecular weight excluding hydrogens is 274 g/mol. The molecule has 1 unspecified atom stereocenters. The minimum atomic E-state index is -0.929. The zero-order valence-electron chi connectivity index (χ0n) is 8.81. The lowest BCUT2D eigenvalue weighted by Crippen LogP contribution is -2.36. The number of carbonyl (C=O) groups is 1. The van der Waals surface area contributed by atoms with E-state index in [2.05, 4.69) is 20.9 Å². The van der Waals surface area contributed by atoms with Gasteiger partial charge in [-0.05, 0) is 40.9 Å². The maximum absolute atomic E-state index is 11.1. The lowest BCUT2D eigenvalue weighted by molar-refractivity contribution is -0.150. The van der Waals surface area contributed by atoms with Crippen molar-refractivity contribution in [2.75, 3.05) is 7.11 Å². The number of aromatic nitrogens is 1. The topological polar surface area (TPSA) is 59.4 Å². The SMILES string of the molecule is COC(C(=O)O)C1(c2cccc(Br)n2)CC1. The van der Waals surface area contributed by atoms with Crippen molar-refractivity contribution < 1.29 is 14.6 Å². The highest BCUT2D eigenvalue weighted by Crippen LogP contribution is 2.51. The number of hydrogen-bond acceptors (Lipinski definition) is 3. The molecule has 0 aliphatic heterocycles. The molecule has 0 bridgehead atoms. The molecule has 1 aromatic rings. The fraction of sp³-hybridized carbons (Fsp3) is 0.455. The molecule has 1 N–H and O–H groups in total. The lowest BCUT2D eigenvalue weighted by Gasteiger charge is -2.21. The molecule has 86 valence electrons. The largest absolute Gasteiger partial charge is 0.479 e. The first-order valence-corrected chi connectivity index (χ1v) is 5.78. The van der Waals surface area contributed by atoms with Gasteiger partial charge in [0.05, 0.1) is 5.69 Å². The van der Waals surface area contributed by atoms with Crippen LogP contribution in [0.3, 0.4) is 0 Å². The average Bonchev–Trinajstić information content (AvgIpc) is 3.00. The number of pyridine rings is 1. The van der Waals surface area contributed by atoms with Crippen LogP contribution < -0.4 is 0 Å². The van der Waals surface area contributed by atoms with Gasteiger partial charge in [-0.15, -0.1) is 0 Å². The summed E-state index contributed by atoms with van der Waals surface area (Å²) in [4.78, 5) is 15.4. The quantitative estimate of drug-likeness (QED) is 0.860. The molecule has 0 amide bonds. The molecule has 5 heteroatoms. The summed E-state index contributed by atoms with van der Waals surface area (Å²) in [6, 6.07) is 5.54. The minimum Gasteiger partial charge on any atom is -0.479 e. The Hall–Kier alpha value is -0.940. The number of nitrogens with zero attached hydrogens (tertiary/aromatic N) is 1. The molecule has 1 aromatic heterocycles. The van der Waals surface area contributed by atoms with Crippen LogP contribution in [0.25, 0.3) is 0 Å². The molecule has 0 saturated heterocycles. The summed E-state index contributed by atoms with van der Waals surface area (Å²) in [7, 11) is 1.43. The van der Waals surface area contributed by atoms with Crippen LogP contribution in [0.2, 0.25) is 0 Å². The second-order valence-electron chi connectivity index (χ2n) is 3.96. The van der Waals surface area contributed by atoms with Crippen LogP contribution in [0.1, 0.15) is 18.5 Å². The van der Waals surface area contributed by atoms with E-state index >= 15 is 0 Å². The first kappa shape index (κ1) is 11.5. The van der Waals surface area contributed by atoms with E-state index in [1.165, 1.54) is 7.11 Å². The number of rotatable bonds is 4. The van der Waals surface area contributed by atoms with Crippen molar-refractivity contribution in [3.8, 4) is 0 Å². The van der Waals surface area contributed by atoms with Gasteiger partial charge in [-0.25, -0.2) is 9.78 Å². The fourth-order valence-electron chi connectivity index (χ4n) is 2.04. The van der Waals surface area contributed by atoms with E-state index in [0.29, 0.717) is 0 Å². The second kappa shape index (κ2) is 4.14. The molecule has 0 spiro atoms. The first-order valence-electron chi connectivity index (χ1n) is 4.99. The summed E-state index contributed by atoms with van der Waals surface area (Å²) in [5, 5.41) is 9.11. The van der Waals surface area contributed by atoms with E-state index in [1.807, 2.05) is 18.2 Å². The second-order valence-corrected chi connectivity index (χ2v) is 4.77. The predicted molar refractivity (Wildman–Crippen MR) is 61.3 cm³/mol. The third-order valence-corrected chi connectivity index (χ3v) is 3.42. The van der Waals surface area contributed by atoms with Crippen molar-refractivity contribution in [3.05, 3.63) is 28.5 Å². The monoisotopic (exact) mass is 285 g/mol. The van der Waals surface area contributed by atoms with Crippen molar-refractivity contribution >= 4 is 21.9 Å². The Bertz CT molecular complexity index is 417. The van der Waals surface area contributed by atoms with Crippen LogP contribution in [0.5, 0.6) is 0 Å². The first-order chi connectivity index (χ1) is 7.60. The third-order valence-electron chi connectivity index (χ3n) is 2.98. The van der Waals surface area contributed by atoms with Gasteiger partial charge in [-0.3, -0.25) is 0 Å². The van der Waals surface area contributed by atoms with Crippen molar-refractivity contribution in [2.24, 2.45) is 0 Å². The van der Waals surface area contributed by atoms with Crippen LogP contribution in [-0.2, 0) is 14.9 Å². The van der Waals surface area contributed by atoms with Gasteiger partial charge in [0, 0.05) is 12.5 Å². The average molecular weight is 286 g/mol. The maximum Gasteiger partial charge on any atom is 0.333 e. The Labute approximate surface area is 102 Å². The Kier molecular flexibility index (Phi) is 2.99. The van der Waals surface area contributed by atoms with Gasteiger partial charge in [-0.1, -0.05) is 6.07 Å². The molecular formula is C11H12BrNO3. The van der Waals surface area contributed by atoms with Crippen molar-refractivity contribution in [2.45, 2.75) is 24.4 Å². The summed E-state index contributed by atoms with van der Waals surface area (Å²) in [6.45, 7) is 0. The van der Waals surface area contributed by atoms with Crippen LogP contribution in [0.15, 0.2) is 22.8 Å². The number of halogens is 1. The van der Waals surface area contributed by atoms with Crippen molar-refractivity contribution in [1.29, 1.82) is 0 Å². The smallest absolute Gasteiger partial charge is 0.333 e. The number of carboxylic acid groups (broad SMARTS) is 1. The highest BCUT2D eigenvalue weighted by Gasteiger charge is 2.55. The zero-order valence-corrected chi connectivity index (χ0v) is 10.4. The van der Waals surface area contributed by atoms with E-state index in [1.54, 1.807) is 0 Å². The molecule has 1 fully saturated rings. The van der Waals surface area contributed by atoms with Crippen molar-refractivity contribution in [1.82, 2.24) is 4.98 Å². The zero-order chi connectivity index (χ0) is 11.8. The predicted octanol–water partition coefficient (Wildman–Crippen LogP) is 1.98. The molecule has 1 heterocycles. The Morgan fingerprint density at radius 3 is 2.75 bits per heavy atom. The number of carboxylic acids is 1. The van der Waals surface area contributed by atoms with E-state index < -0.39 is 17.5 Å². The lowest BCUT2D eigenvalue weighted by atomic mass is 9.94. The number of methoxy groups -OCH3 is 1. The summed E-state index contributed by atoms with van der Waals surface area (Å²) in [5.74, 6) is -0.929. The minimum absolute atomic E-state index is 0.440. The number of ether oxygens (including phenoxy) is 1. The Morgan fingerprint density at radius 1 is 1.62 bits per heavy atom. The Morgan fingerprint density at radius 2 is 2.31 bits per heavy atom. The molecule has 16 heavy (non-hydrogen) atoms. The van der Waals surface area contributed by atoms with Crippen LogP contribution in [0.4, 0.5) is 0 Å². The van der Waals surface area contributed by atoms with Gasteiger partial charge in [0.2, 0.25) is 0 Å². The molecule has 1 atom stereocenters. The highest BCUT2D eigenvalue weighted by molar-refractivity contribution is 9.10. The van der Waals surface area contributed by atoms with Gasteiger partial charge in [0.15, 0.2) is 6.10 Å². The highest BCUT2D eigenvalue weighted by atomic mass is 79.9. The van der Waals surface area contributed by atoms with E-state index in [9.17, 15) is 4.79 Å². The van der Waals surface area contributed by atoms with Gasteiger partial charge >= 0.3 is 5.97 Å². The Balaban J connectivity index is 2.35. The molecule has 0 radical (unpaired) electrons. The molecule has 1 saturated carbocycles. The van der Waals surface area contributed by atoms with Gasteiger partial charge in [0.1, 0.15) is 4.60 Å². The van der Waals surface area contributed by atoms with Crippen molar-refractivity contribution in [3.63, 3.8) is 0 Å². The van der Waals surface area contributed by atoms with Gasteiger partial charge in [-0.2, -0.15) is 0 Å². The summed E-state index contributed by atoms with van der Waals surface area (Å²) in [6.07, 6.45) is 0.803. The normalized spacial score (nSPS) is 19.1. The van der Waals surface area contributed by atoms with Gasteiger partial charge < -0.3 is 9.84 Å². The molecule has 1 aliphatic carbocycles. The maximum atomic E-state index is 11.1. The molecule has 2 rings (SSSR count). The molecule has 4 nitrogen and oxygen atoms in total. The fourth-order valence-corrected chi connectivity index (χ4v) is 2.38. The number of aliphatic carboxylic acids is 1. The van der Waals surface area contributed by atoms with Crippen LogP contribution in [-0.4, -0.2) is 29.3 Å². The number of hydrogen-bond donors (Lipinski definition) is 1.